The van der Waals surface area contributed by atoms with E-state index in [9.17, 15) is 4.79 Å². The van der Waals surface area contributed by atoms with Crippen LogP contribution in [-0.2, 0) is 16.1 Å². The molecule has 2 heterocycles. The van der Waals surface area contributed by atoms with Crippen LogP contribution in [0.4, 0.5) is 0 Å². The standard InChI is InChI=1S/C11H11N3O2/c1-16-10(15)8-14-7-6-13-11(14)9-2-4-12-5-3-9/h2-7H,8H2,1H3. The van der Waals surface area contributed by atoms with Crippen molar-refractivity contribution in [2.75, 3.05) is 7.11 Å². The Morgan fingerprint density at radius 3 is 2.81 bits per heavy atom. The Bertz CT molecular complexity index is 479. The van der Waals surface area contributed by atoms with Crippen molar-refractivity contribution in [1.29, 1.82) is 0 Å². The number of ether oxygens (including phenoxy) is 1. The zero-order valence-electron chi connectivity index (χ0n) is 8.83. The Kier molecular flexibility index (Phi) is 2.95. The minimum atomic E-state index is -0.298. The molecule has 0 aliphatic carbocycles. The quantitative estimate of drug-likeness (QED) is 0.723. The number of pyridine rings is 1. The molecule has 0 aliphatic heterocycles. The molecule has 0 fully saturated rings. The van der Waals surface area contributed by atoms with E-state index in [4.69, 9.17) is 0 Å². The molecule has 0 aromatic carbocycles. The van der Waals surface area contributed by atoms with E-state index < -0.39 is 0 Å². The van der Waals surface area contributed by atoms with E-state index in [1.165, 1.54) is 7.11 Å². The zero-order valence-corrected chi connectivity index (χ0v) is 8.83. The van der Waals surface area contributed by atoms with E-state index in [2.05, 4.69) is 14.7 Å². The van der Waals surface area contributed by atoms with Gasteiger partial charge in [-0.2, -0.15) is 0 Å². The number of methoxy groups -OCH3 is 1. The van der Waals surface area contributed by atoms with Crippen molar-refractivity contribution in [3.05, 3.63) is 36.9 Å². The molecular weight excluding hydrogens is 206 g/mol. The highest BCUT2D eigenvalue weighted by atomic mass is 16.5. The normalized spacial score (nSPS) is 10.1. The summed E-state index contributed by atoms with van der Waals surface area (Å²) >= 11 is 0. The third kappa shape index (κ3) is 2.08. The minimum absolute atomic E-state index is 0.161. The number of carbonyl (C=O) groups is 1. The lowest BCUT2D eigenvalue weighted by Crippen LogP contribution is -2.11. The minimum Gasteiger partial charge on any atom is -0.468 e. The molecule has 0 atom stereocenters. The van der Waals surface area contributed by atoms with E-state index in [1.54, 1.807) is 29.4 Å². The van der Waals surface area contributed by atoms with Gasteiger partial charge in [0.2, 0.25) is 0 Å². The van der Waals surface area contributed by atoms with Gasteiger partial charge >= 0.3 is 5.97 Å². The van der Waals surface area contributed by atoms with Crippen molar-refractivity contribution in [1.82, 2.24) is 14.5 Å². The summed E-state index contributed by atoms with van der Waals surface area (Å²) in [6, 6.07) is 3.69. The molecule has 0 spiro atoms. The SMILES string of the molecule is COC(=O)Cn1ccnc1-c1ccncc1. The van der Waals surface area contributed by atoms with Gasteiger partial charge in [-0.05, 0) is 12.1 Å². The summed E-state index contributed by atoms with van der Waals surface area (Å²) in [7, 11) is 1.37. The predicted octanol–water partition coefficient (Wildman–Crippen LogP) is 1.12. The number of hydrogen-bond donors (Lipinski definition) is 0. The Morgan fingerprint density at radius 1 is 1.38 bits per heavy atom. The molecule has 0 unspecified atom stereocenters. The Labute approximate surface area is 92.7 Å². The number of rotatable bonds is 3. The summed E-state index contributed by atoms with van der Waals surface area (Å²) in [5.41, 5.74) is 0.920. The molecule has 5 heteroatoms. The van der Waals surface area contributed by atoms with Gasteiger partial charge in [0.25, 0.3) is 0 Å². The van der Waals surface area contributed by atoms with Gasteiger partial charge in [-0.3, -0.25) is 9.78 Å². The first-order valence-corrected chi connectivity index (χ1v) is 4.79. The molecule has 0 aliphatic rings. The summed E-state index contributed by atoms with van der Waals surface area (Å²) in [5.74, 6) is 0.432. The average molecular weight is 217 g/mol. The van der Waals surface area contributed by atoms with Crippen molar-refractivity contribution in [2.45, 2.75) is 6.54 Å². The third-order valence-corrected chi connectivity index (χ3v) is 2.18. The fraction of sp³-hybridized carbons (Fsp3) is 0.182. The van der Waals surface area contributed by atoms with Crippen LogP contribution in [0.3, 0.4) is 0 Å². The second-order valence-electron chi connectivity index (χ2n) is 3.19. The summed E-state index contributed by atoms with van der Waals surface area (Å²) in [6.07, 6.45) is 6.77. The maximum absolute atomic E-state index is 11.2. The van der Waals surface area contributed by atoms with Gasteiger partial charge < -0.3 is 9.30 Å². The lowest BCUT2D eigenvalue weighted by Gasteiger charge is -2.05. The predicted molar refractivity (Wildman–Crippen MR) is 57.5 cm³/mol. The van der Waals surface area contributed by atoms with E-state index >= 15 is 0 Å². The molecule has 2 rings (SSSR count). The van der Waals surface area contributed by atoms with Gasteiger partial charge in [0.05, 0.1) is 7.11 Å². The first kappa shape index (κ1) is 10.4. The molecule has 82 valence electrons. The fourth-order valence-corrected chi connectivity index (χ4v) is 1.40. The molecule has 0 radical (unpaired) electrons. The van der Waals surface area contributed by atoms with Gasteiger partial charge in [0.1, 0.15) is 12.4 Å². The van der Waals surface area contributed by atoms with Gasteiger partial charge in [0.15, 0.2) is 0 Å². The van der Waals surface area contributed by atoms with Crippen LogP contribution in [0.15, 0.2) is 36.9 Å². The van der Waals surface area contributed by atoms with Crippen LogP contribution in [0.25, 0.3) is 11.4 Å². The highest BCUT2D eigenvalue weighted by molar-refractivity contribution is 5.70. The fourth-order valence-electron chi connectivity index (χ4n) is 1.40. The molecule has 16 heavy (non-hydrogen) atoms. The summed E-state index contributed by atoms with van der Waals surface area (Å²) in [4.78, 5) is 19.3. The maximum Gasteiger partial charge on any atom is 0.325 e. The Hall–Kier alpha value is -2.17. The van der Waals surface area contributed by atoms with Crippen LogP contribution in [0, 0.1) is 0 Å². The van der Waals surface area contributed by atoms with E-state index in [1.807, 2.05) is 12.1 Å². The van der Waals surface area contributed by atoms with Gasteiger partial charge in [-0.25, -0.2) is 4.98 Å². The molecule has 0 saturated carbocycles. The summed E-state index contributed by atoms with van der Waals surface area (Å²) in [6.45, 7) is 0.161. The number of nitrogens with zero attached hydrogens (tertiary/aromatic N) is 3. The molecule has 0 N–H and O–H groups in total. The first-order valence-electron chi connectivity index (χ1n) is 4.79. The lowest BCUT2D eigenvalue weighted by molar-refractivity contribution is -0.141. The molecule has 0 amide bonds. The highest BCUT2D eigenvalue weighted by Gasteiger charge is 2.08. The number of imidazole rings is 1. The topological polar surface area (TPSA) is 57.0 Å². The van der Waals surface area contributed by atoms with Crippen LogP contribution in [-0.4, -0.2) is 27.6 Å². The number of aromatic nitrogens is 3. The van der Waals surface area contributed by atoms with Crippen LogP contribution < -0.4 is 0 Å². The van der Waals surface area contributed by atoms with Gasteiger partial charge in [-0.15, -0.1) is 0 Å². The second-order valence-corrected chi connectivity index (χ2v) is 3.19. The number of carbonyl (C=O) groups excluding carboxylic acids is 1. The third-order valence-electron chi connectivity index (χ3n) is 2.18. The van der Waals surface area contributed by atoms with Crippen molar-refractivity contribution in [3.63, 3.8) is 0 Å². The van der Waals surface area contributed by atoms with Crippen LogP contribution in [0.5, 0.6) is 0 Å². The van der Waals surface area contributed by atoms with E-state index in [0.717, 1.165) is 11.4 Å². The van der Waals surface area contributed by atoms with Crippen LogP contribution in [0.2, 0.25) is 0 Å². The molecule has 0 bridgehead atoms. The molecule has 2 aromatic rings. The van der Waals surface area contributed by atoms with Gasteiger partial charge in [-0.1, -0.05) is 0 Å². The lowest BCUT2D eigenvalue weighted by atomic mass is 10.2. The van der Waals surface area contributed by atoms with Crippen molar-refractivity contribution in [3.8, 4) is 11.4 Å². The molecular formula is C11H11N3O2. The van der Waals surface area contributed by atoms with Crippen LogP contribution in [0.1, 0.15) is 0 Å². The summed E-state index contributed by atoms with van der Waals surface area (Å²) in [5, 5.41) is 0. The Morgan fingerprint density at radius 2 is 2.12 bits per heavy atom. The number of esters is 1. The van der Waals surface area contributed by atoms with E-state index in [-0.39, 0.29) is 12.5 Å². The second kappa shape index (κ2) is 4.57. The zero-order chi connectivity index (χ0) is 11.4. The smallest absolute Gasteiger partial charge is 0.325 e. The van der Waals surface area contributed by atoms with Crippen molar-refractivity contribution in [2.24, 2.45) is 0 Å². The monoisotopic (exact) mass is 217 g/mol. The molecule has 0 saturated heterocycles. The maximum atomic E-state index is 11.2. The average Bonchev–Trinajstić information content (AvgIpc) is 2.78. The Balaban J connectivity index is 2.29. The largest absolute Gasteiger partial charge is 0.468 e. The van der Waals surface area contributed by atoms with Crippen molar-refractivity contribution >= 4 is 5.97 Å². The van der Waals surface area contributed by atoms with Crippen LogP contribution >= 0.6 is 0 Å². The van der Waals surface area contributed by atoms with Crippen molar-refractivity contribution < 1.29 is 9.53 Å². The molecule has 2 aromatic heterocycles. The molecule has 5 nitrogen and oxygen atoms in total. The highest BCUT2D eigenvalue weighted by Crippen LogP contribution is 2.15. The first-order chi connectivity index (χ1) is 7.81. The number of hydrogen-bond acceptors (Lipinski definition) is 4. The summed E-state index contributed by atoms with van der Waals surface area (Å²) < 4.78 is 6.35. The van der Waals surface area contributed by atoms with E-state index in [0.29, 0.717) is 0 Å². The van der Waals surface area contributed by atoms with Gasteiger partial charge in [0, 0.05) is 30.4 Å².